The number of hydrogen-bond donors (Lipinski definition) is 1. The molecule has 0 fully saturated rings. The molecule has 1 atom stereocenters. The average Bonchev–Trinajstić information content (AvgIpc) is 2.86. The van der Waals surface area contributed by atoms with E-state index in [1.807, 2.05) is 39.8 Å². The summed E-state index contributed by atoms with van der Waals surface area (Å²) in [4.78, 5) is 24.6. The molecule has 146 valence electrons. The van der Waals surface area contributed by atoms with Gasteiger partial charge in [0.25, 0.3) is 5.91 Å². The molecule has 2 rings (SSSR count). The van der Waals surface area contributed by atoms with Gasteiger partial charge in [0, 0.05) is 7.05 Å². The lowest BCUT2D eigenvalue weighted by atomic mass is 10.1. The van der Waals surface area contributed by atoms with Gasteiger partial charge in [0.1, 0.15) is 0 Å². The Kier molecular flexibility index (Phi) is 6.74. The SMILES string of the molecule is Cc1nn(C)c(C)c1NC(=O)[C@@H](C)OC(=O)c1ccc(COC(C)C)cc1. The first-order chi connectivity index (χ1) is 12.7. The van der Waals surface area contributed by atoms with Gasteiger partial charge in [-0.1, -0.05) is 12.1 Å². The van der Waals surface area contributed by atoms with E-state index in [0.29, 0.717) is 23.6 Å². The molecule has 27 heavy (non-hydrogen) atoms. The van der Waals surface area contributed by atoms with Crippen LogP contribution in [-0.4, -0.2) is 33.9 Å². The number of aryl methyl sites for hydroxylation is 2. The first kappa shape index (κ1) is 20.6. The minimum absolute atomic E-state index is 0.140. The molecule has 0 aliphatic rings. The number of nitrogens with zero attached hydrogens (tertiary/aromatic N) is 2. The summed E-state index contributed by atoms with van der Waals surface area (Å²) >= 11 is 0. The third-order valence-corrected chi connectivity index (χ3v) is 4.18. The lowest BCUT2D eigenvalue weighted by Gasteiger charge is -2.14. The van der Waals surface area contributed by atoms with Gasteiger partial charge in [-0.3, -0.25) is 9.48 Å². The van der Waals surface area contributed by atoms with Crippen LogP contribution in [0.5, 0.6) is 0 Å². The van der Waals surface area contributed by atoms with Gasteiger partial charge in [0.2, 0.25) is 0 Å². The molecule has 1 amide bonds. The van der Waals surface area contributed by atoms with Gasteiger partial charge in [-0.25, -0.2) is 4.79 Å². The van der Waals surface area contributed by atoms with E-state index < -0.39 is 18.0 Å². The van der Waals surface area contributed by atoms with Crippen molar-refractivity contribution < 1.29 is 19.1 Å². The molecule has 0 unspecified atom stereocenters. The topological polar surface area (TPSA) is 82.5 Å². The van der Waals surface area contributed by atoms with E-state index in [-0.39, 0.29) is 6.10 Å². The van der Waals surface area contributed by atoms with Crippen molar-refractivity contribution in [3.8, 4) is 0 Å². The zero-order chi connectivity index (χ0) is 20.1. The molecule has 7 heteroatoms. The number of benzene rings is 1. The summed E-state index contributed by atoms with van der Waals surface area (Å²) in [6.45, 7) is 9.62. The fourth-order valence-corrected chi connectivity index (χ4v) is 2.46. The maximum absolute atomic E-state index is 12.4. The Morgan fingerprint density at radius 3 is 2.30 bits per heavy atom. The molecular formula is C20H27N3O4. The van der Waals surface area contributed by atoms with Gasteiger partial charge in [-0.05, 0) is 52.3 Å². The molecule has 0 saturated carbocycles. The van der Waals surface area contributed by atoms with Crippen molar-refractivity contribution >= 4 is 17.6 Å². The molecular weight excluding hydrogens is 346 g/mol. The summed E-state index contributed by atoms with van der Waals surface area (Å²) in [5.41, 5.74) is 3.53. The van der Waals surface area contributed by atoms with Crippen LogP contribution in [0.25, 0.3) is 0 Å². The van der Waals surface area contributed by atoms with Crippen LogP contribution >= 0.6 is 0 Å². The zero-order valence-electron chi connectivity index (χ0n) is 16.7. The third kappa shape index (κ3) is 5.40. The van der Waals surface area contributed by atoms with Crippen molar-refractivity contribution in [2.45, 2.75) is 53.4 Å². The van der Waals surface area contributed by atoms with Gasteiger partial charge >= 0.3 is 5.97 Å². The highest BCUT2D eigenvalue weighted by Gasteiger charge is 2.21. The second-order valence-corrected chi connectivity index (χ2v) is 6.76. The highest BCUT2D eigenvalue weighted by Crippen LogP contribution is 2.19. The Morgan fingerprint density at radius 2 is 1.78 bits per heavy atom. The molecule has 0 bridgehead atoms. The monoisotopic (exact) mass is 373 g/mol. The van der Waals surface area contributed by atoms with Gasteiger partial charge in [0.15, 0.2) is 6.10 Å². The van der Waals surface area contributed by atoms with Crippen molar-refractivity contribution in [2.24, 2.45) is 7.05 Å². The predicted octanol–water partition coefficient (Wildman–Crippen LogP) is 3.15. The summed E-state index contributed by atoms with van der Waals surface area (Å²) < 4.78 is 12.5. The van der Waals surface area contributed by atoms with Gasteiger partial charge in [-0.2, -0.15) is 5.10 Å². The number of amides is 1. The quantitative estimate of drug-likeness (QED) is 0.754. The summed E-state index contributed by atoms with van der Waals surface area (Å²) in [5, 5.41) is 7.03. The molecule has 0 aliphatic carbocycles. The maximum Gasteiger partial charge on any atom is 0.338 e. The molecule has 0 spiro atoms. The van der Waals surface area contributed by atoms with Crippen LogP contribution in [0.1, 0.15) is 48.1 Å². The Balaban J connectivity index is 1.95. The second kappa shape index (κ2) is 8.81. The molecule has 1 N–H and O–H groups in total. The van der Waals surface area contributed by atoms with Crippen LogP contribution in [-0.2, 0) is 27.9 Å². The number of hydrogen-bond acceptors (Lipinski definition) is 5. The molecule has 1 aromatic carbocycles. The van der Waals surface area contributed by atoms with E-state index in [0.717, 1.165) is 11.3 Å². The molecule has 0 aliphatic heterocycles. The van der Waals surface area contributed by atoms with Crippen LogP contribution < -0.4 is 5.32 Å². The zero-order valence-corrected chi connectivity index (χ0v) is 16.7. The van der Waals surface area contributed by atoms with Crippen molar-refractivity contribution in [2.75, 3.05) is 5.32 Å². The number of ether oxygens (including phenoxy) is 2. The number of esters is 1. The van der Waals surface area contributed by atoms with Crippen molar-refractivity contribution in [1.29, 1.82) is 0 Å². The van der Waals surface area contributed by atoms with Crippen molar-refractivity contribution in [1.82, 2.24) is 9.78 Å². The predicted molar refractivity (Wildman–Crippen MR) is 103 cm³/mol. The Labute approximate surface area is 159 Å². The first-order valence-corrected chi connectivity index (χ1v) is 8.91. The Morgan fingerprint density at radius 1 is 1.15 bits per heavy atom. The minimum Gasteiger partial charge on any atom is -0.449 e. The average molecular weight is 373 g/mol. The van der Waals surface area contributed by atoms with Gasteiger partial charge in [0.05, 0.1) is 35.3 Å². The van der Waals surface area contributed by atoms with Gasteiger partial charge < -0.3 is 14.8 Å². The van der Waals surface area contributed by atoms with Gasteiger partial charge in [-0.15, -0.1) is 0 Å². The number of nitrogens with one attached hydrogen (secondary N) is 1. The van der Waals surface area contributed by atoms with Crippen molar-refractivity contribution in [3.63, 3.8) is 0 Å². The van der Waals surface area contributed by atoms with Crippen LogP contribution in [0.4, 0.5) is 5.69 Å². The molecule has 2 aromatic rings. The summed E-state index contributed by atoms with van der Waals surface area (Å²) in [7, 11) is 1.80. The van der Waals surface area contributed by atoms with E-state index in [4.69, 9.17) is 9.47 Å². The normalized spacial score (nSPS) is 12.1. The number of anilines is 1. The Bertz CT molecular complexity index is 809. The molecule has 1 heterocycles. The summed E-state index contributed by atoms with van der Waals surface area (Å²) in [5.74, 6) is -0.946. The van der Waals surface area contributed by atoms with E-state index in [1.54, 1.807) is 30.8 Å². The highest BCUT2D eigenvalue weighted by molar-refractivity contribution is 5.98. The fraction of sp³-hybridized carbons (Fsp3) is 0.450. The highest BCUT2D eigenvalue weighted by atomic mass is 16.5. The van der Waals surface area contributed by atoms with E-state index in [1.165, 1.54) is 0 Å². The van der Waals surface area contributed by atoms with Crippen LogP contribution in [0.3, 0.4) is 0 Å². The molecule has 0 saturated heterocycles. The molecule has 0 radical (unpaired) electrons. The van der Waals surface area contributed by atoms with Crippen LogP contribution in [0.15, 0.2) is 24.3 Å². The Hall–Kier alpha value is -2.67. The number of aromatic nitrogens is 2. The minimum atomic E-state index is -0.930. The number of rotatable bonds is 7. The number of carbonyl (C=O) groups is 2. The fourth-order valence-electron chi connectivity index (χ4n) is 2.46. The second-order valence-electron chi connectivity index (χ2n) is 6.76. The number of carbonyl (C=O) groups excluding carboxylic acids is 2. The van der Waals surface area contributed by atoms with Crippen LogP contribution in [0, 0.1) is 13.8 Å². The summed E-state index contributed by atoms with van der Waals surface area (Å²) in [6.07, 6.45) is -0.790. The third-order valence-electron chi connectivity index (χ3n) is 4.18. The molecule has 7 nitrogen and oxygen atoms in total. The molecule has 1 aromatic heterocycles. The van der Waals surface area contributed by atoms with E-state index in [2.05, 4.69) is 10.4 Å². The lowest BCUT2D eigenvalue weighted by Crippen LogP contribution is -2.30. The standard InChI is InChI=1S/C20H27N3O4/c1-12(2)26-11-16-7-9-17(10-8-16)20(25)27-15(5)19(24)21-18-13(3)22-23(6)14(18)4/h7-10,12,15H,11H2,1-6H3,(H,21,24)/t15-/m1/s1. The maximum atomic E-state index is 12.4. The van der Waals surface area contributed by atoms with Crippen LogP contribution in [0.2, 0.25) is 0 Å². The smallest absolute Gasteiger partial charge is 0.338 e. The van der Waals surface area contributed by atoms with E-state index >= 15 is 0 Å². The van der Waals surface area contributed by atoms with Crippen molar-refractivity contribution in [3.05, 3.63) is 46.8 Å². The largest absolute Gasteiger partial charge is 0.449 e. The first-order valence-electron chi connectivity index (χ1n) is 8.91. The van der Waals surface area contributed by atoms with E-state index in [9.17, 15) is 9.59 Å². The summed E-state index contributed by atoms with van der Waals surface area (Å²) in [6, 6.07) is 6.96. The lowest BCUT2D eigenvalue weighted by molar-refractivity contribution is -0.123.